The highest BCUT2D eigenvalue weighted by Crippen LogP contribution is 2.27. The van der Waals surface area contributed by atoms with Crippen LogP contribution < -0.4 is 5.56 Å². The molecule has 2 heteroatoms. The van der Waals surface area contributed by atoms with Gasteiger partial charge in [0.15, 0.2) is 0 Å². The average Bonchev–Trinajstić information content (AvgIpc) is 2.47. The van der Waals surface area contributed by atoms with Gasteiger partial charge in [-0.2, -0.15) is 0 Å². The summed E-state index contributed by atoms with van der Waals surface area (Å²) < 4.78 is 0. The van der Waals surface area contributed by atoms with Gasteiger partial charge in [0.25, 0.3) is 5.56 Å². The Kier molecular flexibility index (Phi) is 2.00. The first kappa shape index (κ1) is 10.3. The lowest BCUT2D eigenvalue weighted by Crippen LogP contribution is -2.06. The topological polar surface area (TPSA) is 32.9 Å². The van der Waals surface area contributed by atoms with Crippen molar-refractivity contribution in [3.8, 4) is 0 Å². The summed E-state index contributed by atoms with van der Waals surface area (Å²) in [5.41, 5.74) is 0.890. The number of rotatable bonds is 0. The lowest BCUT2D eigenvalue weighted by Gasteiger charge is -2.06. The summed E-state index contributed by atoms with van der Waals surface area (Å²) in [7, 11) is 0. The smallest absolute Gasteiger partial charge is 0.256 e. The minimum atomic E-state index is -0.0283. The van der Waals surface area contributed by atoms with Gasteiger partial charge in [0.05, 0.1) is 5.52 Å². The maximum absolute atomic E-state index is 12.2. The average molecular weight is 245 g/mol. The Labute approximate surface area is 109 Å². The molecule has 2 nitrogen and oxygen atoms in total. The van der Waals surface area contributed by atoms with Crippen molar-refractivity contribution in [2.75, 3.05) is 0 Å². The molecule has 1 heterocycles. The Balaban J connectivity index is 2.37. The van der Waals surface area contributed by atoms with Gasteiger partial charge in [-0.15, -0.1) is 0 Å². The largest absolute Gasteiger partial charge is 0.321 e. The number of H-pyrrole nitrogens is 1. The van der Waals surface area contributed by atoms with Crippen molar-refractivity contribution >= 4 is 32.4 Å². The zero-order valence-corrected chi connectivity index (χ0v) is 10.2. The van der Waals surface area contributed by atoms with Gasteiger partial charge in [-0.1, -0.05) is 54.6 Å². The lowest BCUT2D eigenvalue weighted by atomic mass is 10.0. The highest BCUT2D eigenvalue weighted by atomic mass is 16.1. The van der Waals surface area contributed by atoms with Gasteiger partial charge in [-0.3, -0.25) is 4.79 Å². The van der Waals surface area contributed by atoms with E-state index in [9.17, 15) is 4.79 Å². The zero-order chi connectivity index (χ0) is 12.8. The van der Waals surface area contributed by atoms with Crippen molar-refractivity contribution in [1.29, 1.82) is 0 Å². The van der Waals surface area contributed by atoms with Crippen LogP contribution in [-0.2, 0) is 0 Å². The summed E-state index contributed by atoms with van der Waals surface area (Å²) >= 11 is 0. The molecule has 0 bridgehead atoms. The molecular formula is C17H11NO. The van der Waals surface area contributed by atoms with Crippen LogP contribution in [0.1, 0.15) is 0 Å². The molecule has 0 unspecified atom stereocenters. The van der Waals surface area contributed by atoms with E-state index in [0.29, 0.717) is 0 Å². The highest BCUT2D eigenvalue weighted by Gasteiger charge is 2.06. The Morgan fingerprint density at radius 2 is 1.32 bits per heavy atom. The third kappa shape index (κ3) is 1.40. The summed E-state index contributed by atoms with van der Waals surface area (Å²) in [6.45, 7) is 0. The van der Waals surface area contributed by atoms with E-state index in [2.05, 4.69) is 23.2 Å². The number of hydrogen-bond donors (Lipinski definition) is 1. The van der Waals surface area contributed by atoms with Crippen LogP contribution in [0, 0.1) is 0 Å². The third-order valence-electron chi connectivity index (χ3n) is 3.63. The van der Waals surface area contributed by atoms with Gasteiger partial charge < -0.3 is 4.98 Å². The van der Waals surface area contributed by atoms with E-state index < -0.39 is 0 Å². The van der Waals surface area contributed by atoms with Gasteiger partial charge in [0.1, 0.15) is 0 Å². The molecule has 0 atom stereocenters. The number of nitrogens with one attached hydrogen (secondary N) is 1. The lowest BCUT2D eigenvalue weighted by molar-refractivity contribution is 1.35. The van der Waals surface area contributed by atoms with Gasteiger partial charge in [-0.05, 0) is 16.8 Å². The predicted molar refractivity (Wildman–Crippen MR) is 79.6 cm³/mol. The van der Waals surface area contributed by atoms with Crippen LogP contribution in [-0.4, -0.2) is 4.98 Å². The SMILES string of the molecule is O=c1[nH]c2c3ccccc3ccc2c2ccccc12. The normalized spacial score (nSPS) is 11.4. The standard InChI is InChI=1S/C17H11NO/c19-17-15-8-4-3-7-13(15)14-10-9-11-5-1-2-6-12(11)16(14)18-17/h1-10H,(H,18,19). The fourth-order valence-electron chi connectivity index (χ4n) is 2.73. The van der Waals surface area contributed by atoms with Crippen molar-refractivity contribution in [1.82, 2.24) is 4.98 Å². The molecule has 19 heavy (non-hydrogen) atoms. The number of aromatic amines is 1. The van der Waals surface area contributed by atoms with Gasteiger partial charge in [0.2, 0.25) is 0 Å². The van der Waals surface area contributed by atoms with E-state index in [1.165, 1.54) is 0 Å². The Morgan fingerprint density at radius 1 is 0.632 bits per heavy atom. The molecule has 0 aliphatic heterocycles. The minimum Gasteiger partial charge on any atom is -0.321 e. The number of aromatic nitrogens is 1. The first-order valence-corrected chi connectivity index (χ1v) is 6.27. The van der Waals surface area contributed by atoms with Crippen molar-refractivity contribution in [2.24, 2.45) is 0 Å². The van der Waals surface area contributed by atoms with Crippen molar-refractivity contribution in [3.63, 3.8) is 0 Å². The van der Waals surface area contributed by atoms with Crippen LogP contribution in [0.25, 0.3) is 32.4 Å². The van der Waals surface area contributed by atoms with Crippen molar-refractivity contribution in [3.05, 3.63) is 71.0 Å². The summed E-state index contributed by atoms with van der Waals surface area (Å²) in [5.74, 6) is 0. The fourth-order valence-corrected chi connectivity index (χ4v) is 2.73. The van der Waals surface area contributed by atoms with Crippen LogP contribution in [0.4, 0.5) is 0 Å². The van der Waals surface area contributed by atoms with E-state index >= 15 is 0 Å². The second kappa shape index (κ2) is 3.69. The van der Waals surface area contributed by atoms with Crippen LogP contribution >= 0.6 is 0 Å². The van der Waals surface area contributed by atoms with Gasteiger partial charge >= 0.3 is 0 Å². The van der Waals surface area contributed by atoms with E-state index in [0.717, 1.165) is 32.4 Å². The van der Waals surface area contributed by atoms with E-state index in [4.69, 9.17) is 0 Å². The first-order valence-electron chi connectivity index (χ1n) is 6.27. The van der Waals surface area contributed by atoms with Crippen LogP contribution in [0.3, 0.4) is 0 Å². The van der Waals surface area contributed by atoms with Crippen LogP contribution in [0.15, 0.2) is 65.5 Å². The predicted octanol–water partition coefficient (Wildman–Crippen LogP) is 3.83. The maximum Gasteiger partial charge on any atom is 0.256 e. The fraction of sp³-hybridized carbons (Fsp3) is 0. The minimum absolute atomic E-state index is 0.0283. The van der Waals surface area contributed by atoms with Gasteiger partial charge in [-0.25, -0.2) is 0 Å². The summed E-state index contributed by atoms with van der Waals surface area (Å²) in [6.07, 6.45) is 0. The molecule has 0 saturated carbocycles. The molecule has 90 valence electrons. The number of fused-ring (bicyclic) bond motifs is 5. The monoisotopic (exact) mass is 245 g/mol. The Hall–Kier alpha value is -2.61. The summed E-state index contributed by atoms with van der Waals surface area (Å²) in [5, 5.41) is 5.06. The molecule has 0 saturated heterocycles. The number of benzene rings is 3. The van der Waals surface area contributed by atoms with Gasteiger partial charge in [0, 0.05) is 16.2 Å². The van der Waals surface area contributed by atoms with Crippen molar-refractivity contribution in [2.45, 2.75) is 0 Å². The molecule has 0 aliphatic rings. The summed E-state index contributed by atoms with van der Waals surface area (Å²) in [6, 6.07) is 20.0. The molecule has 3 aromatic carbocycles. The molecule has 0 radical (unpaired) electrons. The maximum atomic E-state index is 12.2. The second-order valence-electron chi connectivity index (χ2n) is 4.71. The molecule has 0 fully saturated rings. The second-order valence-corrected chi connectivity index (χ2v) is 4.71. The van der Waals surface area contributed by atoms with E-state index in [1.807, 2.05) is 42.5 Å². The molecule has 1 aromatic heterocycles. The van der Waals surface area contributed by atoms with Crippen LogP contribution in [0.2, 0.25) is 0 Å². The molecule has 4 aromatic rings. The number of pyridine rings is 1. The van der Waals surface area contributed by atoms with E-state index in [-0.39, 0.29) is 5.56 Å². The highest BCUT2D eigenvalue weighted by molar-refractivity contribution is 6.14. The molecule has 4 rings (SSSR count). The number of hydrogen-bond acceptors (Lipinski definition) is 1. The van der Waals surface area contributed by atoms with Crippen molar-refractivity contribution < 1.29 is 0 Å². The molecule has 0 amide bonds. The molecule has 0 spiro atoms. The molecule has 0 aliphatic carbocycles. The first-order chi connectivity index (χ1) is 9.34. The third-order valence-corrected chi connectivity index (χ3v) is 3.63. The molecular weight excluding hydrogens is 234 g/mol. The zero-order valence-electron chi connectivity index (χ0n) is 10.2. The van der Waals surface area contributed by atoms with E-state index in [1.54, 1.807) is 0 Å². The molecule has 1 N–H and O–H groups in total. The quantitative estimate of drug-likeness (QED) is 0.469. The Morgan fingerprint density at radius 3 is 2.16 bits per heavy atom. The Bertz CT molecular complexity index is 982. The van der Waals surface area contributed by atoms with Crippen LogP contribution in [0.5, 0.6) is 0 Å². The summed E-state index contributed by atoms with van der Waals surface area (Å²) in [4.78, 5) is 15.2.